The predicted octanol–water partition coefficient (Wildman–Crippen LogP) is 2.59. The van der Waals surface area contributed by atoms with Gasteiger partial charge >= 0.3 is 0 Å². The number of piperidine rings is 1. The first-order chi connectivity index (χ1) is 12.5. The lowest BCUT2D eigenvalue weighted by Gasteiger charge is -2.34. The highest BCUT2D eigenvalue weighted by molar-refractivity contribution is 5.45. The number of hydrogen-bond acceptors (Lipinski definition) is 8. The van der Waals surface area contributed by atoms with E-state index in [0.717, 1.165) is 17.0 Å². The zero-order valence-corrected chi connectivity index (χ0v) is 14.6. The van der Waals surface area contributed by atoms with Crippen molar-refractivity contribution in [2.45, 2.75) is 38.9 Å². The van der Waals surface area contributed by atoms with Gasteiger partial charge < -0.3 is 9.05 Å². The summed E-state index contributed by atoms with van der Waals surface area (Å²) in [6.45, 7) is 5.69. The quantitative estimate of drug-likeness (QED) is 0.702. The topological polar surface area (TPSA) is 94.0 Å². The molecule has 0 radical (unpaired) electrons. The first-order valence-electron chi connectivity index (χ1n) is 8.49. The summed E-state index contributed by atoms with van der Waals surface area (Å²) >= 11 is 0. The van der Waals surface area contributed by atoms with Crippen LogP contribution >= 0.6 is 0 Å². The van der Waals surface area contributed by atoms with Crippen molar-refractivity contribution >= 4 is 0 Å². The van der Waals surface area contributed by atoms with Gasteiger partial charge in [0.05, 0.1) is 11.9 Å². The van der Waals surface area contributed by atoms with Crippen LogP contribution in [0, 0.1) is 13.8 Å². The van der Waals surface area contributed by atoms with Crippen molar-refractivity contribution in [3.63, 3.8) is 0 Å². The van der Waals surface area contributed by atoms with E-state index in [1.165, 1.54) is 12.4 Å². The zero-order valence-electron chi connectivity index (χ0n) is 14.6. The predicted molar refractivity (Wildman–Crippen MR) is 88.6 cm³/mol. The van der Waals surface area contributed by atoms with E-state index in [9.17, 15) is 0 Å². The minimum atomic E-state index is -1.62. The van der Waals surface area contributed by atoms with E-state index in [1.54, 1.807) is 6.20 Å². The summed E-state index contributed by atoms with van der Waals surface area (Å²) in [7, 11) is 0. The first kappa shape index (κ1) is 16.8. The maximum absolute atomic E-state index is 15.4. The Morgan fingerprint density at radius 1 is 1.15 bits per heavy atom. The lowest BCUT2D eigenvalue weighted by Crippen LogP contribution is -2.40. The summed E-state index contributed by atoms with van der Waals surface area (Å²) in [6, 6.07) is 0. The molecule has 3 aromatic rings. The van der Waals surface area contributed by atoms with Gasteiger partial charge in [-0.05, 0) is 13.8 Å². The third-order valence-electron chi connectivity index (χ3n) is 4.81. The fourth-order valence-electron chi connectivity index (χ4n) is 3.15. The Kier molecular flexibility index (Phi) is 4.23. The standard InChI is InChI=1S/C17H19FN6O2/c1-11-13(12(2)25-22-11)10-24-7-3-17(18,4-8-24)16-21-15(23-26-16)14-9-19-5-6-20-14/h5-6,9H,3-4,7-8,10H2,1-2H3. The molecule has 0 unspecified atom stereocenters. The van der Waals surface area contributed by atoms with E-state index in [2.05, 4.69) is 30.2 Å². The second kappa shape index (κ2) is 6.56. The lowest BCUT2D eigenvalue weighted by molar-refractivity contribution is 0.0248. The number of hydrogen-bond donors (Lipinski definition) is 0. The van der Waals surface area contributed by atoms with Crippen LogP contribution in [-0.4, -0.2) is 43.3 Å². The van der Waals surface area contributed by atoms with Gasteiger partial charge in [-0.3, -0.25) is 9.88 Å². The normalized spacial score (nSPS) is 17.5. The molecule has 26 heavy (non-hydrogen) atoms. The molecule has 8 nitrogen and oxygen atoms in total. The smallest absolute Gasteiger partial charge is 0.264 e. The number of nitrogens with zero attached hydrogens (tertiary/aromatic N) is 6. The minimum Gasteiger partial charge on any atom is -0.361 e. The molecule has 0 spiro atoms. The summed E-state index contributed by atoms with van der Waals surface area (Å²) in [6.07, 6.45) is 5.18. The van der Waals surface area contributed by atoms with E-state index < -0.39 is 5.67 Å². The molecule has 9 heteroatoms. The first-order valence-corrected chi connectivity index (χ1v) is 8.49. The Morgan fingerprint density at radius 2 is 1.96 bits per heavy atom. The average molecular weight is 358 g/mol. The Balaban J connectivity index is 1.44. The van der Waals surface area contributed by atoms with Crippen molar-refractivity contribution in [3.05, 3.63) is 41.5 Å². The average Bonchev–Trinajstić information content (AvgIpc) is 3.28. The summed E-state index contributed by atoms with van der Waals surface area (Å²) in [5.74, 6) is 1.07. The molecule has 0 bridgehead atoms. The number of likely N-dealkylation sites (tertiary alicyclic amines) is 1. The van der Waals surface area contributed by atoms with Crippen molar-refractivity contribution < 1.29 is 13.4 Å². The molecule has 0 aromatic carbocycles. The number of aryl methyl sites for hydroxylation is 2. The second-order valence-corrected chi connectivity index (χ2v) is 6.56. The molecule has 4 heterocycles. The van der Waals surface area contributed by atoms with E-state index >= 15 is 4.39 Å². The van der Waals surface area contributed by atoms with Gasteiger partial charge in [0, 0.05) is 50.4 Å². The molecule has 0 atom stereocenters. The molecule has 0 amide bonds. The Morgan fingerprint density at radius 3 is 2.62 bits per heavy atom. The second-order valence-electron chi connectivity index (χ2n) is 6.56. The molecule has 0 N–H and O–H groups in total. The number of halogens is 1. The van der Waals surface area contributed by atoms with Gasteiger partial charge in [0.2, 0.25) is 5.82 Å². The van der Waals surface area contributed by atoms with Crippen molar-refractivity contribution in [1.82, 2.24) is 30.2 Å². The van der Waals surface area contributed by atoms with Gasteiger partial charge in [-0.15, -0.1) is 0 Å². The van der Waals surface area contributed by atoms with Crippen LogP contribution in [0.5, 0.6) is 0 Å². The molecule has 4 rings (SSSR count). The van der Waals surface area contributed by atoms with Crippen LogP contribution in [-0.2, 0) is 12.2 Å². The van der Waals surface area contributed by atoms with Crippen molar-refractivity contribution in [2.75, 3.05) is 13.1 Å². The summed E-state index contributed by atoms with van der Waals surface area (Å²) in [4.78, 5) is 14.5. The van der Waals surface area contributed by atoms with E-state index in [1.807, 2.05) is 13.8 Å². The highest BCUT2D eigenvalue weighted by Crippen LogP contribution is 2.37. The molecule has 136 valence electrons. The van der Waals surface area contributed by atoms with Gasteiger partial charge in [0.1, 0.15) is 11.5 Å². The third-order valence-corrected chi connectivity index (χ3v) is 4.81. The Labute approximate surface area is 149 Å². The largest absolute Gasteiger partial charge is 0.361 e. The van der Waals surface area contributed by atoms with E-state index in [4.69, 9.17) is 9.05 Å². The Bertz CT molecular complexity index is 866. The molecular weight excluding hydrogens is 339 g/mol. The molecule has 1 aliphatic rings. The SMILES string of the molecule is Cc1noc(C)c1CN1CCC(F)(c2nc(-c3cnccn3)no2)CC1. The van der Waals surface area contributed by atoms with Crippen molar-refractivity contribution in [3.8, 4) is 11.5 Å². The van der Waals surface area contributed by atoms with E-state index in [-0.39, 0.29) is 11.7 Å². The minimum absolute atomic E-state index is 0.00939. The summed E-state index contributed by atoms with van der Waals surface area (Å²) in [5, 5.41) is 7.82. The molecule has 0 aliphatic carbocycles. The summed E-state index contributed by atoms with van der Waals surface area (Å²) < 4.78 is 25.7. The molecule has 0 saturated carbocycles. The fraction of sp³-hybridized carbons (Fsp3) is 0.471. The molecule has 1 aliphatic heterocycles. The number of rotatable bonds is 4. The fourth-order valence-corrected chi connectivity index (χ4v) is 3.15. The van der Waals surface area contributed by atoms with Crippen LogP contribution in [0.4, 0.5) is 4.39 Å². The van der Waals surface area contributed by atoms with E-state index in [0.29, 0.717) is 38.2 Å². The van der Waals surface area contributed by atoms with Gasteiger partial charge in [0.15, 0.2) is 5.67 Å². The Hall–Kier alpha value is -2.68. The monoisotopic (exact) mass is 358 g/mol. The van der Waals surface area contributed by atoms with Gasteiger partial charge in [-0.25, -0.2) is 9.37 Å². The highest BCUT2D eigenvalue weighted by Gasteiger charge is 2.41. The van der Waals surface area contributed by atoms with Crippen LogP contribution in [0.1, 0.15) is 35.7 Å². The number of alkyl halides is 1. The molecule has 1 fully saturated rings. The summed E-state index contributed by atoms with van der Waals surface area (Å²) in [5.41, 5.74) is 0.786. The van der Waals surface area contributed by atoms with Crippen LogP contribution in [0.2, 0.25) is 0 Å². The van der Waals surface area contributed by atoms with Crippen molar-refractivity contribution in [2.24, 2.45) is 0 Å². The van der Waals surface area contributed by atoms with Crippen LogP contribution in [0.25, 0.3) is 11.5 Å². The maximum Gasteiger partial charge on any atom is 0.264 e. The zero-order chi connectivity index (χ0) is 18.1. The maximum atomic E-state index is 15.4. The lowest BCUT2D eigenvalue weighted by atomic mass is 9.93. The van der Waals surface area contributed by atoms with Gasteiger partial charge in [-0.2, -0.15) is 4.98 Å². The van der Waals surface area contributed by atoms with Crippen LogP contribution < -0.4 is 0 Å². The van der Waals surface area contributed by atoms with Crippen LogP contribution in [0.15, 0.2) is 27.6 Å². The van der Waals surface area contributed by atoms with Crippen molar-refractivity contribution in [1.29, 1.82) is 0 Å². The third kappa shape index (κ3) is 3.10. The number of aromatic nitrogens is 5. The molecular formula is C17H19FN6O2. The van der Waals surface area contributed by atoms with Gasteiger partial charge in [-0.1, -0.05) is 10.3 Å². The van der Waals surface area contributed by atoms with Crippen LogP contribution in [0.3, 0.4) is 0 Å². The van der Waals surface area contributed by atoms with Gasteiger partial charge in [0.25, 0.3) is 5.89 Å². The molecule has 3 aromatic heterocycles. The highest BCUT2D eigenvalue weighted by atomic mass is 19.1. The molecule has 1 saturated heterocycles.